The summed E-state index contributed by atoms with van der Waals surface area (Å²) in [5.41, 5.74) is 1.97. The number of nitrogens with zero attached hydrogens (tertiary/aromatic N) is 1. The van der Waals surface area contributed by atoms with E-state index in [1.165, 1.54) is 0 Å². The molecule has 2 rings (SSSR count). The van der Waals surface area contributed by atoms with E-state index in [0.29, 0.717) is 16.2 Å². The average Bonchev–Trinajstić information content (AvgIpc) is 2.31. The molecule has 17 heavy (non-hydrogen) atoms. The smallest absolute Gasteiger partial charge is 0.131 e. The summed E-state index contributed by atoms with van der Waals surface area (Å²) in [6.07, 6.45) is 1.65. The highest BCUT2D eigenvalue weighted by Crippen LogP contribution is 2.24. The molecule has 2 N–H and O–H groups in total. The second kappa shape index (κ2) is 5.38. The number of phenolic OH excluding ortho intramolecular Hbond substituents is 1. The Bertz CT molecular complexity index is 534. The fraction of sp³-hybridized carbons (Fsp3) is 0.0833. The number of hydrogen-bond acceptors (Lipinski definition) is 3. The summed E-state index contributed by atoms with van der Waals surface area (Å²) in [5, 5.41) is 13.1. The Kier molecular flexibility index (Phi) is 3.86. The van der Waals surface area contributed by atoms with E-state index in [1.807, 2.05) is 18.2 Å². The minimum atomic E-state index is 0.237. The van der Waals surface area contributed by atoms with Gasteiger partial charge in [0.1, 0.15) is 10.9 Å². The van der Waals surface area contributed by atoms with Crippen LogP contribution in [0.5, 0.6) is 5.75 Å². The minimum absolute atomic E-state index is 0.237. The van der Waals surface area contributed by atoms with Crippen LogP contribution in [-0.4, -0.2) is 10.1 Å². The Labute approximate surface area is 113 Å². The van der Waals surface area contributed by atoms with Crippen LogP contribution in [0.15, 0.2) is 41.0 Å². The topological polar surface area (TPSA) is 45.1 Å². The van der Waals surface area contributed by atoms with Gasteiger partial charge in [-0.2, -0.15) is 0 Å². The molecule has 0 saturated heterocycles. The predicted octanol–water partition coefficient (Wildman–Crippen LogP) is 3.82. The van der Waals surface area contributed by atoms with Crippen molar-refractivity contribution in [3.8, 4) is 5.75 Å². The van der Waals surface area contributed by atoms with Crippen LogP contribution in [0.1, 0.15) is 5.56 Å². The van der Waals surface area contributed by atoms with Gasteiger partial charge in [-0.3, -0.25) is 0 Å². The summed E-state index contributed by atoms with van der Waals surface area (Å²) in [5.74, 6) is 0.237. The first-order valence-electron chi connectivity index (χ1n) is 4.98. The lowest BCUT2D eigenvalue weighted by Crippen LogP contribution is -1.99. The molecule has 2 aromatic rings. The van der Waals surface area contributed by atoms with Crippen molar-refractivity contribution in [2.75, 3.05) is 5.32 Å². The highest BCUT2D eigenvalue weighted by Gasteiger charge is 2.00. The molecule has 0 saturated carbocycles. The lowest BCUT2D eigenvalue weighted by Gasteiger charge is -2.07. The van der Waals surface area contributed by atoms with Crippen molar-refractivity contribution in [1.82, 2.24) is 4.98 Å². The molecule has 0 aliphatic rings. The van der Waals surface area contributed by atoms with Crippen LogP contribution in [0.25, 0.3) is 0 Å². The van der Waals surface area contributed by atoms with Crippen LogP contribution in [0, 0.1) is 0 Å². The van der Waals surface area contributed by atoms with E-state index in [0.717, 1.165) is 11.3 Å². The fourth-order valence-corrected chi connectivity index (χ4v) is 1.98. The fourth-order valence-electron chi connectivity index (χ4n) is 1.38. The molecule has 0 fully saturated rings. The summed E-state index contributed by atoms with van der Waals surface area (Å²) in [7, 11) is 0. The lowest BCUT2D eigenvalue weighted by molar-refractivity contribution is 0.471. The normalized spacial score (nSPS) is 10.2. The Balaban J connectivity index is 2.05. The zero-order valence-corrected chi connectivity index (χ0v) is 11.2. The van der Waals surface area contributed by atoms with Crippen LogP contribution in [-0.2, 0) is 6.54 Å². The molecule has 0 bridgehead atoms. The van der Waals surface area contributed by atoms with Crippen molar-refractivity contribution < 1.29 is 5.11 Å². The van der Waals surface area contributed by atoms with Gasteiger partial charge in [-0.05, 0) is 45.8 Å². The minimum Gasteiger partial charge on any atom is -0.507 e. The maximum Gasteiger partial charge on any atom is 0.131 e. The number of rotatable bonds is 3. The van der Waals surface area contributed by atoms with Crippen molar-refractivity contribution in [3.05, 3.63) is 51.7 Å². The summed E-state index contributed by atoms with van der Waals surface area (Å²) in [6, 6.07) is 8.99. The van der Waals surface area contributed by atoms with Crippen LogP contribution in [0.2, 0.25) is 5.15 Å². The molecular formula is C12H10BrClN2O. The monoisotopic (exact) mass is 312 g/mol. The highest BCUT2D eigenvalue weighted by atomic mass is 79.9. The van der Waals surface area contributed by atoms with E-state index in [4.69, 9.17) is 11.6 Å². The largest absolute Gasteiger partial charge is 0.507 e. The quantitative estimate of drug-likeness (QED) is 0.847. The second-order valence-electron chi connectivity index (χ2n) is 3.51. The Hall–Kier alpha value is -1.26. The number of aromatic nitrogens is 1. The number of benzene rings is 1. The lowest BCUT2D eigenvalue weighted by atomic mass is 10.2. The van der Waals surface area contributed by atoms with E-state index in [1.54, 1.807) is 18.3 Å². The van der Waals surface area contributed by atoms with Crippen LogP contribution >= 0.6 is 27.5 Å². The summed E-state index contributed by atoms with van der Waals surface area (Å²) in [6.45, 7) is 0.652. The summed E-state index contributed by atoms with van der Waals surface area (Å²) in [4.78, 5) is 3.91. The van der Waals surface area contributed by atoms with E-state index in [-0.39, 0.29) is 5.75 Å². The van der Waals surface area contributed by atoms with Gasteiger partial charge in [-0.1, -0.05) is 17.7 Å². The molecule has 0 aliphatic carbocycles. The number of anilines is 1. The van der Waals surface area contributed by atoms with Crippen molar-refractivity contribution >= 4 is 33.2 Å². The molecule has 5 heteroatoms. The third-order valence-corrected chi connectivity index (χ3v) is 3.08. The van der Waals surface area contributed by atoms with E-state index in [9.17, 15) is 5.11 Å². The number of nitrogens with one attached hydrogen (secondary N) is 1. The van der Waals surface area contributed by atoms with E-state index < -0.39 is 0 Å². The molecule has 3 nitrogen and oxygen atoms in total. The molecule has 1 aromatic carbocycles. The van der Waals surface area contributed by atoms with Gasteiger partial charge in [0.05, 0.1) is 4.47 Å². The molecule has 0 amide bonds. The Morgan fingerprint density at radius 3 is 2.82 bits per heavy atom. The molecule has 1 aromatic heterocycles. The molecule has 0 spiro atoms. The zero-order valence-electron chi connectivity index (χ0n) is 8.82. The zero-order chi connectivity index (χ0) is 12.3. The van der Waals surface area contributed by atoms with Crippen LogP contribution in [0.3, 0.4) is 0 Å². The maximum atomic E-state index is 9.37. The number of phenols is 1. The van der Waals surface area contributed by atoms with Gasteiger partial charge in [0, 0.05) is 18.4 Å². The number of hydrogen-bond donors (Lipinski definition) is 2. The van der Waals surface area contributed by atoms with E-state index in [2.05, 4.69) is 26.2 Å². The third-order valence-electron chi connectivity index (χ3n) is 2.24. The second-order valence-corrected chi connectivity index (χ2v) is 4.75. The van der Waals surface area contributed by atoms with Gasteiger partial charge in [0.15, 0.2) is 0 Å². The first-order valence-corrected chi connectivity index (χ1v) is 6.15. The number of halogens is 2. The van der Waals surface area contributed by atoms with Gasteiger partial charge >= 0.3 is 0 Å². The first-order chi connectivity index (χ1) is 8.15. The standard InChI is InChI=1S/C12H10BrClN2O/c13-10-5-8(1-2-11(10)17)7-16-9-3-4-15-12(14)6-9/h1-6,17H,7H2,(H,15,16). The van der Waals surface area contributed by atoms with Crippen molar-refractivity contribution in [2.45, 2.75) is 6.54 Å². The van der Waals surface area contributed by atoms with Gasteiger partial charge in [0.25, 0.3) is 0 Å². The third kappa shape index (κ3) is 3.35. The Morgan fingerprint density at radius 1 is 1.29 bits per heavy atom. The molecule has 0 radical (unpaired) electrons. The number of pyridine rings is 1. The van der Waals surface area contributed by atoms with Crippen molar-refractivity contribution in [3.63, 3.8) is 0 Å². The SMILES string of the molecule is Oc1ccc(CNc2ccnc(Cl)c2)cc1Br. The first kappa shape index (κ1) is 12.2. The van der Waals surface area contributed by atoms with Crippen molar-refractivity contribution in [1.29, 1.82) is 0 Å². The van der Waals surface area contributed by atoms with Gasteiger partial charge in [-0.25, -0.2) is 4.98 Å². The number of aromatic hydroxyl groups is 1. The van der Waals surface area contributed by atoms with Gasteiger partial charge in [-0.15, -0.1) is 0 Å². The van der Waals surface area contributed by atoms with Crippen LogP contribution < -0.4 is 5.32 Å². The Morgan fingerprint density at radius 2 is 2.12 bits per heavy atom. The molecule has 0 unspecified atom stereocenters. The predicted molar refractivity (Wildman–Crippen MR) is 72.4 cm³/mol. The molecule has 0 aliphatic heterocycles. The maximum absolute atomic E-state index is 9.37. The summed E-state index contributed by atoms with van der Waals surface area (Å²) < 4.78 is 0.685. The molecule has 88 valence electrons. The van der Waals surface area contributed by atoms with Crippen molar-refractivity contribution in [2.24, 2.45) is 0 Å². The van der Waals surface area contributed by atoms with E-state index >= 15 is 0 Å². The average molecular weight is 314 g/mol. The molecule has 0 atom stereocenters. The molecule has 1 heterocycles. The van der Waals surface area contributed by atoms with Gasteiger partial charge in [0.2, 0.25) is 0 Å². The summed E-state index contributed by atoms with van der Waals surface area (Å²) >= 11 is 9.06. The molecular weight excluding hydrogens is 304 g/mol. The highest BCUT2D eigenvalue weighted by molar-refractivity contribution is 9.10. The van der Waals surface area contributed by atoms with Crippen LogP contribution in [0.4, 0.5) is 5.69 Å². The van der Waals surface area contributed by atoms with Gasteiger partial charge < -0.3 is 10.4 Å².